The normalized spacial score (nSPS) is 24.1. The zero-order valence-corrected chi connectivity index (χ0v) is 9.69. The highest BCUT2D eigenvalue weighted by Gasteiger charge is 2.27. The van der Waals surface area contributed by atoms with Crippen LogP contribution in [0.15, 0.2) is 0 Å². The second-order valence-electron chi connectivity index (χ2n) is 4.73. The predicted molar refractivity (Wildman–Crippen MR) is 60.6 cm³/mol. The van der Waals surface area contributed by atoms with Crippen molar-refractivity contribution in [3.05, 3.63) is 0 Å². The summed E-state index contributed by atoms with van der Waals surface area (Å²) in [5.41, 5.74) is 0. The number of hydrogen-bond donors (Lipinski definition) is 0. The van der Waals surface area contributed by atoms with Crippen LogP contribution in [-0.2, 0) is 4.79 Å². The monoisotopic (exact) mass is 221 g/mol. The summed E-state index contributed by atoms with van der Waals surface area (Å²) in [6.07, 6.45) is 6.07. The summed E-state index contributed by atoms with van der Waals surface area (Å²) in [5, 5.41) is 8.55. The minimum Gasteiger partial charge on any atom is -0.330 e. The SMILES string of the molecule is N#CC(=O)N1CCC(N2CCCCC2)CC1. The molecular formula is C12H19N3O. The van der Waals surface area contributed by atoms with Gasteiger partial charge in [0.25, 0.3) is 0 Å². The minimum atomic E-state index is -0.364. The van der Waals surface area contributed by atoms with Gasteiger partial charge in [0.1, 0.15) is 0 Å². The van der Waals surface area contributed by atoms with E-state index in [9.17, 15) is 4.79 Å². The van der Waals surface area contributed by atoms with Crippen LogP contribution in [0.2, 0.25) is 0 Å². The minimum absolute atomic E-state index is 0.364. The average molecular weight is 221 g/mol. The van der Waals surface area contributed by atoms with Crippen LogP contribution >= 0.6 is 0 Å². The number of carbonyl (C=O) groups is 1. The van der Waals surface area contributed by atoms with Crippen LogP contribution < -0.4 is 0 Å². The third-order valence-electron chi connectivity index (χ3n) is 3.75. The second-order valence-corrected chi connectivity index (χ2v) is 4.73. The van der Waals surface area contributed by atoms with Crippen LogP contribution in [0.5, 0.6) is 0 Å². The van der Waals surface area contributed by atoms with E-state index in [1.165, 1.54) is 32.4 Å². The number of amides is 1. The van der Waals surface area contributed by atoms with Gasteiger partial charge < -0.3 is 9.80 Å². The number of nitrogens with zero attached hydrogens (tertiary/aromatic N) is 3. The fourth-order valence-electron chi connectivity index (χ4n) is 2.79. The molecule has 0 aromatic rings. The van der Waals surface area contributed by atoms with E-state index in [2.05, 4.69) is 4.90 Å². The molecular weight excluding hydrogens is 202 g/mol. The summed E-state index contributed by atoms with van der Waals surface area (Å²) in [5.74, 6) is -0.364. The summed E-state index contributed by atoms with van der Waals surface area (Å²) in [4.78, 5) is 15.4. The van der Waals surface area contributed by atoms with Crippen molar-refractivity contribution < 1.29 is 4.79 Å². The maximum atomic E-state index is 11.2. The van der Waals surface area contributed by atoms with Crippen molar-refractivity contribution in [3.63, 3.8) is 0 Å². The van der Waals surface area contributed by atoms with E-state index in [0.29, 0.717) is 6.04 Å². The number of rotatable bonds is 1. The number of hydrogen-bond acceptors (Lipinski definition) is 3. The number of piperidine rings is 2. The van der Waals surface area contributed by atoms with Crippen molar-refractivity contribution in [2.24, 2.45) is 0 Å². The Bertz CT molecular complexity index is 283. The summed E-state index contributed by atoms with van der Waals surface area (Å²) >= 11 is 0. The van der Waals surface area contributed by atoms with Crippen molar-refractivity contribution in [2.75, 3.05) is 26.2 Å². The molecule has 0 radical (unpaired) electrons. The smallest absolute Gasteiger partial charge is 0.324 e. The van der Waals surface area contributed by atoms with Gasteiger partial charge in [0.05, 0.1) is 0 Å². The second kappa shape index (κ2) is 5.31. The van der Waals surface area contributed by atoms with Gasteiger partial charge in [-0.2, -0.15) is 5.26 Å². The highest BCUT2D eigenvalue weighted by atomic mass is 16.2. The largest absolute Gasteiger partial charge is 0.330 e. The Morgan fingerprint density at radius 3 is 2.25 bits per heavy atom. The molecule has 0 aromatic heterocycles. The fraction of sp³-hybridized carbons (Fsp3) is 0.833. The molecule has 0 spiro atoms. The van der Waals surface area contributed by atoms with Crippen LogP contribution in [0.1, 0.15) is 32.1 Å². The Labute approximate surface area is 96.8 Å². The molecule has 0 unspecified atom stereocenters. The van der Waals surface area contributed by atoms with Crippen LogP contribution in [0.4, 0.5) is 0 Å². The summed E-state index contributed by atoms with van der Waals surface area (Å²) in [7, 11) is 0. The van der Waals surface area contributed by atoms with Crippen LogP contribution in [0.25, 0.3) is 0 Å². The van der Waals surface area contributed by atoms with Crippen molar-refractivity contribution in [1.29, 1.82) is 5.26 Å². The zero-order valence-electron chi connectivity index (χ0n) is 9.69. The molecule has 88 valence electrons. The van der Waals surface area contributed by atoms with Crippen molar-refractivity contribution in [1.82, 2.24) is 9.80 Å². The van der Waals surface area contributed by atoms with Crippen LogP contribution in [-0.4, -0.2) is 47.9 Å². The molecule has 0 atom stereocenters. The summed E-state index contributed by atoms with van der Waals surface area (Å²) < 4.78 is 0. The van der Waals surface area contributed by atoms with Gasteiger partial charge in [0, 0.05) is 19.1 Å². The lowest BCUT2D eigenvalue weighted by molar-refractivity contribution is -0.126. The molecule has 2 saturated heterocycles. The molecule has 2 heterocycles. The molecule has 0 saturated carbocycles. The van der Waals surface area contributed by atoms with Gasteiger partial charge in [-0.1, -0.05) is 6.42 Å². The molecule has 2 aliphatic rings. The number of nitriles is 1. The zero-order chi connectivity index (χ0) is 11.4. The van der Waals surface area contributed by atoms with E-state index in [1.807, 2.05) is 0 Å². The van der Waals surface area contributed by atoms with Crippen molar-refractivity contribution in [3.8, 4) is 6.07 Å². The molecule has 1 amide bonds. The van der Waals surface area contributed by atoms with E-state index < -0.39 is 0 Å². The first kappa shape index (κ1) is 11.4. The van der Waals surface area contributed by atoms with Gasteiger partial charge in [-0.15, -0.1) is 0 Å². The first-order valence-electron chi connectivity index (χ1n) is 6.24. The van der Waals surface area contributed by atoms with Crippen LogP contribution in [0.3, 0.4) is 0 Å². The maximum Gasteiger partial charge on any atom is 0.324 e. The standard InChI is InChI=1S/C12H19N3O/c13-10-12(16)15-8-4-11(5-9-15)14-6-2-1-3-7-14/h11H,1-9H2. The first-order chi connectivity index (χ1) is 7.81. The van der Waals surface area contributed by atoms with Crippen LogP contribution in [0, 0.1) is 11.3 Å². The Morgan fingerprint density at radius 2 is 1.69 bits per heavy atom. The molecule has 16 heavy (non-hydrogen) atoms. The van der Waals surface area contributed by atoms with Gasteiger partial charge in [0.2, 0.25) is 0 Å². The molecule has 4 nitrogen and oxygen atoms in total. The van der Waals surface area contributed by atoms with E-state index in [1.54, 1.807) is 11.0 Å². The lowest BCUT2D eigenvalue weighted by atomic mass is 10.00. The molecule has 0 aromatic carbocycles. The van der Waals surface area contributed by atoms with E-state index in [0.717, 1.165) is 25.9 Å². The molecule has 0 bridgehead atoms. The third-order valence-corrected chi connectivity index (χ3v) is 3.75. The van der Waals surface area contributed by atoms with Crippen molar-refractivity contribution in [2.45, 2.75) is 38.1 Å². The molecule has 4 heteroatoms. The lowest BCUT2D eigenvalue weighted by Crippen LogP contribution is -2.47. The Kier molecular flexibility index (Phi) is 3.79. The quantitative estimate of drug-likeness (QED) is 0.620. The van der Waals surface area contributed by atoms with E-state index >= 15 is 0 Å². The highest BCUT2D eigenvalue weighted by molar-refractivity contribution is 5.91. The summed E-state index contributed by atoms with van der Waals surface area (Å²) in [6.45, 7) is 3.95. The third kappa shape index (κ3) is 2.53. The summed E-state index contributed by atoms with van der Waals surface area (Å²) in [6, 6.07) is 2.34. The Morgan fingerprint density at radius 1 is 1.06 bits per heavy atom. The molecule has 2 fully saturated rings. The van der Waals surface area contributed by atoms with Gasteiger partial charge in [-0.3, -0.25) is 4.79 Å². The van der Waals surface area contributed by atoms with E-state index in [4.69, 9.17) is 5.26 Å². The molecule has 0 aliphatic carbocycles. The fourth-order valence-corrected chi connectivity index (χ4v) is 2.79. The predicted octanol–water partition coefficient (Wildman–Crippen LogP) is 0.987. The lowest BCUT2D eigenvalue weighted by Gasteiger charge is -2.39. The molecule has 0 N–H and O–H groups in total. The maximum absolute atomic E-state index is 11.2. The van der Waals surface area contributed by atoms with Gasteiger partial charge >= 0.3 is 5.91 Å². The Hall–Kier alpha value is -1.08. The first-order valence-corrected chi connectivity index (χ1v) is 6.24. The number of likely N-dealkylation sites (tertiary alicyclic amines) is 2. The molecule has 2 rings (SSSR count). The van der Waals surface area contributed by atoms with Gasteiger partial charge in [-0.25, -0.2) is 0 Å². The molecule has 2 aliphatic heterocycles. The Balaban J connectivity index is 1.80. The van der Waals surface area contributed by atoms with Crippen molar-refractivity contribution >= 4 is 5.91 Å². The topological polar surface area (TPSA) is 47.3 Å². The number of carbonyl (C=O) groups excluding carboxylic acids is 1. The highest BCUT2D eigenvalue weighted by Crippen LogP contribution is 2.20. The van der Waals surface area contributed by atoms with E-state index in [-0.39, 0.29) is 5.91 Å². The van der Waals surface area contributed by atoms with Gasteiger partial charge in [0.15, 0.2) is 6.07 Å². The van der Waals surface area contributed by atoms with Gasteiger partial charge in [-0.05, 0) is 38.8 Å². The average Bonchev–Trinajstić information content (AvgIpc) is 2.39.